The van der Waals surface area contributed by atoms with Crippen LogP contribution in [0, 0.1) is 0 Å². The summed E-state index contributed by atoms with van der Waals surface area (Å²) in [6.45, 7) is 2.47. The predicted molar refractivity (Wildman–Crippen MR) is 100 cm³/mol. The molecule has 25 heavy (non-hydrogen) atoms. The van der Waals surface area contributed by atoms with Gasteiger partial charge in [0.2, 0.25) is 0 Å². The molecule has 0 aliphatic carbocycles. The summed E-state index contributed by atoms with van der Waals surface area (Å²) in [6.07, 6.45) is 0. The molecule has 3 rings (SSSR count). The first-order valence-electron chi connectivity index (χ1n) is 7.99. The first kappa shape index (κ1) is 17.0. The lowest BCUT2D eigenvalue weighted by molar-refractivity contribution is 0.340. The van der Waals surface area contributed by atoms with Gasteiger partial charge < -0.3 is 4.74 Å². The molecule has 0 unspecified atom stereocenters. The Morgan fingerprint density at radius 1 is 0.800 bits per heavy atom. The highest BCUT2D eigenvalue weighted by Gasteiger charge is 2.14. The van der Waals surface area contributed by atoms with Gasteiger partial charge in [0.15, 0.2) is 0 Å². The Bertz CT molecular complexity index is 919. The molecule has 0 aliphatic heterocycles. The van der Waals surface area contributed by atoms with E-state index in [-0.39, 0.29) is 4.90 Å². The van der Waals surface area contributed by atoms with E-state index in [1.807, 2.05) is 49.4 Å². The second-order valence-corrected chi connectivity index (χ2v) is 7.14. The topological polar surface area (TPSA) is 55.4 Å². The van der Waals surface area contributed by atoms with E-state index in [4.69, 9.17) is 4.74 Å². The molecular weight excluding hydrogens is 334 g/mol. The van der Waals surface area contributed by atoms with Crippen molar-refractivity contribution in [2.24, 2.45) is 0 Å². The van der Waals surface area contributed by atoms with Gasteiger partial charge in [-0.1, -0.05) is 42.5 Å². The molecule has 0 amide bonds. The van der Waals surface area contributed by atoms with Crippen molar-refractivity contribution in [1.82, 2.24) is 0 Å². The van der Waals surface area contributed by atoms with Crippen LogP contribution < -0.4 is 9.46 Å². The molecule has 1 N–H and O–H groups in total. The standard InChI is InChI=1S/C20H19NO3S/c1-2-24-19-12-10-18(11-13-19)21-25(22,23)20-14-8-17(9-15-20)16-6-4-3-5-7-16/h3-15,21H,2H2,1H3. The number of ether oxygens (including phenoxy) is 1. The van der Waals surface area contributed by atoms with Gasteiger partial charge in [-0.15, -0.1) is 0 Å². The van der Waals surface area contributed by atoms with E-state index >= 15 is 0 Å². The van der Waals surface area contributed by atoms with Gasteiger partial charge in [-0.3, -0.25) is 4.72 Å². The largest absolute Gasteiger partial charge is 0.494 e. The normalized spacial score (nSPS) is 11.1. The number of hydrogen-bond acceptors (Lipinski definition) is 3. The molecule has 3 aromatic rings. The summed E-state index contributed by atoms with van der Waals surface area (Å²) in [5.74, 6) is 0.706. The van der Waals surface area contributed by atoms with Crippen LogP contribution in [0.5, 0.6) is 5.75 Å². The van der Waals surface area contributed by atoms with Crippen molar-refractivity contribution in [2.45, 2.75) is 11.8 Å². The van der Waals surface area contributed by atoms with Gasteiger partial charge in [0.05, 0.1) is 11.5 Å². The van der Waals surface area contributed by atoms with Gasteiger partial charge in [0, 0.05) is 5.69 Å². The van der Waals surface area contributed by atoms with Crippen molar-refractivity contribution in [1.29, 1.82) is 0 Å². The molecule has 0 fully saturated rings. The second-order valence-electron chi connectivity index (χ2n) is 5.45. The number of anilines is 1. The van der Waals surface area contributed by atoms with E-state index in [2.05, 4.69) is 4.72 Å². The van der Waals surface area contributed by atoms with Gasteiger partial charge in [-0.2, -0.15) is 0 Å². The van der Waals surface area contributed by atoms with Crippen molar-refractivity contribution >= 4 is 15.7 Å². The van der Waals surface area contributed by atoms with E-state index < -0.39 is 10.0 Å². The molecule has 0 saturated carbocycles. The van der Waals surface area contributed by atoms with E-state index in [1.165, 1.54) is 0 Å². The lowest BCUT2D eigenvalue weighted by Gasteiger charge is -2.10. The van der Waals surface area contributed by atoms with Gasteiger partial charge >= 0.3 is 0 Å². The van der Waals surface area contributed by atoms with Gasteiger partial charge in [-0.05, 0) is 54.4 Å². The molecule has 4 nitrogen and oxygen atoms in total. The molecule has 0 saturated heterocycles. The van der Waals surface area contributed by atoms with Crippen molar-refractivity contribution in [3.63, 3.8) is 0 Å². The molecule has 0 aliphatic rings. The monoisotopic (exact) mass is 353 g/mol. The highest BCUT2D eigenvalue weighted by atomic mass is 32.2. The summed E-state index contributed by atoms with van der Waals surface area (Å²) < 4.78 is 33.0. The van der Waals surface area contributed by atoms with Crippen LogP contribution in [0.2, 0.25) is 0 Å². The van der Waals surface area contributed by atoms with Crippen molar-refractivity contribution in [2.75, 3.05) is 11.3 Å². The van der Waals surface area contributed by atoms with Crippen molar-refractivity contribution < 1.29 is 13.2 Å². The fourth-order valence-corrected chi connectivity index (χ4v) is 3.52. The lowest BCUT2D eigenvalue weighted by Crippen LogP contribution is -2.12. The molecule has 3 aromatic carbocycles. The van der Waals surface area contributed by atoms with Gasteiger partial charge in [-0.25, -0.2) is 8.42 Å². The minimum absolute atomic E-state index is 0.223. The average Bonchev–Trinajstić information content (AvgIpc) is 2.64. The zero-order chi connectivity index (χ0) is 17.7. The Morgan fingerprint density at radius 2 is 1.40 bits per heavy atom. The second kappa shape index (κ2) is 7.40. The number of hydrogen-bond donors (Lipinski definition) is 1. The number of benzene rings is 3. The van der Waals surface area contributed by atoms with Crippen LogP contribution in [-0.2, 0) is 10.0 Å². The molecule has 5 heteroatoms. The highest BCUT2D eigenvalue weighted by Crippen LogP contribution is 2.23. The SMILES string of the molecule is CCOc1ccc(NS(=O)(=O)c2ccc(-c3ccccc3)cc2)cc1. The minimum Gasteiger partial charge on any atom is -0.494 e. The fourth-order valence-electron chi connectivity index (χ4n) is 2.46. The molecule has 0 radical (unpaired) electrons. The van der Waals surface area contributed by atoms with E-state index in [9.17, 15) is 8.42 Å². The third-order valence-corrected chi connectivity index (χ3v) is 5.09. The predicted octanol–water partition coefficient (Wildman–Crippen LogP) is 4.55. The van der Waals surface area contributed by atoms with Crippen LogP contribution in [0.3, 0.4) is 0 Å². The molecule has 0 atom stereocenters. The van der Waals surface area contributed by atoms with Gasteiger partial charge in [0.1, 0.15) is 5.75 Å². The summed E-state index contributed by atoms with van der Waals surface area (Å²) in [4.78, 5) is 0.223. The van der Waals surface area contributed by atoms with E-state index in [0.717, 1.165) is 11.1 Å². The first-order chi connectivity index (χ1) is 12.1. The molecule has 0 bridgehead atoms. The first-order valence-corrected chi connectivity index (χ1v) is 9.48. The molecule has 0 spiro atoms. The van der Waals surface area contributed by atoms with Crippen LogP contribution in [0.4, 0.5) is 5.69 Å². The van der Waals surface area contributed by atoms with E-state index in [0.29, 0.717) is 18.0 Å². The Hall–Kier alpha value is -2.79. The number of rotatable bonds is 6. The summed E-state index contributed by atoms with van der Waals surface area (Å²) in [7, 11) is -3.63. The zero-order valence-electron chi connectivity index (χ0n) is 13.8. The smallest absolute Gasteiger partial charge is 0.261 e. The minimum atomic E-state index is -3.63. The van der Waals surface area contributed by atoms with Crippen LogP contribution in [0.1, 0.15) is 6.92 Å². The molecule has 0 aromatic heterocycles. The fraction of sp³-hybridized carbons (Fsp3) is 0.100. The lowest BCUT2D eigenvalue weighted by atomic mass is 10.1. The number of sulfonamides is 1. The summed E-state index contributed by atoms with van der Waals surface area (Å²) >= 11 is 0. The molecule has 128 valence electrons. The van der Waals surface area contributed by atoms with Crippen molar-refractivity contribution in [3.8, 4) is 16.9 Å². The Kier molecular flexibility index (Phi) is 5.05. The highest BCUT2D eigenvalue weighted by molar-refractivity contribution is 7.92. The maximum absolute atomic E-state index is 12.5. The third kappa shape index (κ3) is 4.19. The van der Waals surface area contributed by atoms with Crippen LogP contribution in [-0.4, -0.2) is 15.0 Å². The summed E-state index contributed by atoms with van der Waals surface area (Å²) in [6, 6.07) is 23.5. The molecule has 0 heterocycles. The quantitative estimate of drug-likeness (QED) is 0.707. The average molecular weight is 353 g/mol. The Morgan fingerprint density at radius 3 is 2.00 bits per heavy atom. The number of nitrogens with one attached hydrogen (secondary N) is 1. The van der Waals surface area contributed by atoms with Crippen LogP contribution >= 0.6 is 0 Å². The maximum atomic E-state index is 12.5. The summed E-state index contributed by atoms with van der Waals surface area (Å²) in [5, 5.41) is 0. The Balaban J connectivity index is 1.78. The van der Waals surface area contributed by atoms with Crippen LogP contribution in [0.15, 0.2) is 83.8 Å². The third-order valence-electron chi connectivity index (χ3n) is 3.69. The zero-order valence-corrected chi connectivity index (χ0v) is 14.7. The van der Waals surface area contributed by atoms with Crippen LogP contribution in [0.25, 0.3) is 11.1 Å². The van der Waals surface area contributed by atoms with Crippen molar-refractivity contribution in [3.05, 3.63) is 78.9 Å². The van der Waals surface area contributed by atoms with Gasteiger partial charge in [0.25, 0.3) is 10.0 Å². The van der Waals surface area contributed by atoms with E-state index in [1.54, 1.807) is 36.4 Å². The molecular formula is C20H19NO3S. The Labute approximate surface area is 148 Å². The summed E-state index contributed by atoms with van der Waals surface area (Å²) in [5.41, 5.74) is 2.52. The maximum Gasteiger partial charge on any atom is 0.261 e.